The fourth-order valence-corrected chi connectivity index (χ4v) is 1.73. The zero-order chi connectivity index (χ0) is 11.7. The molecule has 0 fully saturated rings. The van der Waals surface area contributed by atoms with Crippen LogP contribution in [0.25, 0.3) is 0 Å². The van der Waals surface area contributed by atoms with Crippen molar-refractivity contribution in [3.63, 3.8) is 0 Å². The highest BCUT2D eigenvalue weighted by atomic mass is 79.9. The maximum Gasteiger partial charge on any atom is 0.401 e. The Kier molecular flexibility index (Phi) is 8.46. The minimum Gasteiger partial charge on any atom is -0.385 e. The zero-order valence-corrected chi connectivity index (χ0v) is 10.4. The van der Waals surface area contributed by atoms with Gasteiger partial charge in [0.15, 0.2) is 0 Å². The van der Waals surface area contributed by atoms with Crippen molar-refractivity contribution in [3.05, 3.63) is 0 Å². The molecule has 0 aliphatic carbocycles. The second kappa shape index (κ2) is 8.35. The average molecular weight is 292 g/mol. The summed E-state index contributed by atoms with van der Waals surface area (Å²) in [5.41, 5.74) is 0. The largest absolute Gasteiger partial charge is 0.401 e. The Bertz CT molecular complexity index is 155. The summed E-state index contributed by atoms with van der Waals surface area (Å²) in [5, 5.41) is 0.563. The van der Waals surface area contributed by atoms with Crippen LogP contribution < -0.4 is 0 Å². The number of hydrogen-bond acceptors (Lipinski definition) is 2. The van der Waals surface area contributed by atoms with Gasteiger partial charge in [0, 0.05) is 25.6 Å². The minimum atomic E-state index is -4.11. The first-order valence-electron chi connectivity index (χ1n) is 4.83. The van der Waals surface area contributed by atoms with Gasteiger partial charge >= 0.3 is 6.18 Å². The summed E-state index contributed by atoms with van der Waals surface area (Å²) in [6, 6.07) is 0. The lowest BCUT2D eigenvalue weighted by Crippen LogP contribution is -2.36. The fraction of sp³-hybridized carbons (Fsp3) is 1.00. The van der Waals surface area contributed by atoms with E-state index in [0.717, 1.165) is 12.8 Å². The van der Waals surface area contributed by atoms with E-state index >= 15 is 0 Å². The molecule has 15 heavy (non-hydrogen) atoms. The van der Waals surface area contributed by atoms with E-state index in [1.807, 2.05) is 0 Å². The van der Waals surface area contributed by atoms with E-state index in [9.17, 15) is 13.2 Å². The Hall–Kier alpha value is 0.190. The van der Waals surface area contributed by atoms with E-state index in [2.05, 4.69) is 15.9 Å². The number of unbranched alkanes of at least 4 members (excludes halogenated alkanes) is 1. The third-order valence-electron chi connectivity index (χ3n) is 1.88. The summed E-state index contributed by atoms with van der Waals surface area (Å²) in [6.45, 7) is 0.667. The molecular weight excluding hydrogens is 275 g/mol. The van der Waals surface area contributed by atoms with Crippen molar-refractivity contribution in [2.75, 3.05) is 38.7 Å². The Morgan fingerprint density at radius 3 is 2.33 bits per heavy atom. The molecule has 92 valence electrons. The maximum atomic E-state index is 12.1. The van der Waals surface area contributed by atoms with Gasteiger partial charge in [0.25, 0.3) is 0 Å². The topological polar surface area (TPSA) is 12.5 Å². The van der Waals surface area contributed by atoms with Gasteiger partial charge in [-0.15, -0.1) is 0 Å². The predicted octanol–water partition coefficient (Wildman–Crippen LogP) is 2.67. The molecule has 0 unspecified atom stereocenters. The van der Waals surface area contributed by atoms with Gasteiger partial charge in [-0.1, -0.05) is 15.9 Å². The van der Waals surface area contributed by atoms with Crippen molar-refractivity contribution in [1.82, 2.24) is 4.90 Å². The molecule has 0 spiro atoms. The van der Waals surface area contributed by atoms with Crippen molar-refractivity contribution < 1.29 is 17.9 Å². The Labute approximate surface area is 96.9 Å². The molecule has 0 aromatic rings. The van der Waals surface area contributed by atoms with Gasteiger partial charge in [0.1, 0.15) is 0 Å². The third kappa shape index (κ3) is 10.5. The van der Waals surface area contributed by atoms with Crippen LogP contribution >= 0.6 is 15.9 Å². The van der Waals surface area contributed by atoms with E-state index < -0.39 is 12.7 Å². The van der Waals surface area contributed by atoms with Gasteiger partial charge in [-0.3, -0.25) is 4.90 Å². The van der Waals surface area contributed by atoms with Gasteiger partial charge in [0.05, 0.1) is 6.54 Å². The molecule has 0 rings (SSSR count). The van der Waals surface area contributed by atoms with Crippen LogP contribution in [-0.4, -0.2) is 49.8 Å². The molecule has 0 N–H and O–H groups in total. The van der Waals surface area contributed by atoms with E-state index in [1.165, 1.54) is 4.90 Å². The van der Waals surface area contributed by atoms with E-state index in [0.29, 0.717) is 25.0 Å². The highest BCUT2D eigenvalue weighted by Crippen LogP contribution is 2.16. The first-order valence-corrected chi connectivity index (χ1v) is 5.95. The van der Waals surface area contributed by atoms with E-state index in [1.54, 1.807) is 7.11 Å². The Morgan fingerprint density at radius 2 is 1.87 bits per heavy atom. The van der Waals surface area contributed by atoms with Crippen LogP contribution in [0, 0.1) is 0 Å². The molecule has 0 radical (unpaired) electrons. The molecular formula is C9H17BrF3NO. The number of nitrogens with zero attached hydrogens (tertiary/aromatic N) is 1. The number of ether oxygens (including phenoxy) is 1. The molecule has 0 saturated heterocycles. The maximum absolute atomic E-state index is 12.1. The number of methoxy groups -OCH3 is 1. The lowest BCUT2D eigenvalue weighted by Gasteiger charge is -2.22. The second-order valence-electron chi connectivity index (χ2n) is 3.28. The SMILES string of the molecule is COCCCCN(CCBr)CC(F)(F)F. The fourth-order valence-electron chi connectivity index (χ4n) is 1.22. The molecule has 0 aliphatic rings. The van der Waals surface area contributed by atoms with Crippen LogP contribution in [0.1, 0.15) is 12.8 Å². The lowest BCUT2D eigenvalue weighted by molar-refractivity contribution is -0.145. The first-order chi connectivity index (χ1) is 6.99. The van der Waals surface area contributed by atoms with Gasteiger partial charge in [-0.25, -0.2) is 0 Å². The molecule has 0 aromatic heterocycles. The van der Waals surface area contributed by atoms with Crippen molar-refractivity contribution in [3.8, 4) is 0 Å². The van der Waals surface area contributed by atoms with Gasteiger partial charge in [0.2, 0.25) is 0 Å². The van der Waals surface area contributed by atoms with Crippen molar-refractivity contribution in [2.24, 2.45) is 0 Å². The zero-order valence-electron chi connectivity index (χ0n) is 8.82. The molecule has 6 heteroatoms. The number of rotatable bonds is 8. The van der Waals surface area contributed by atoms with Gasteiger partial charge in [-0.05, 0) is 19.4 Å². The van der Waals surface area contributed by atoms with Crippen LogP contribution in [0.3, 0.4) is 0 Å². The lowest BCUT2D eigenvalue weighted by atomic mass is 10.3. The van der Waals surface area contributed by atoms with Crippen LogP contribution in [-0.2, 0) is 4.74 Å². The minimum absolute atomic E-state index is 0.423. The summed E-state index contributed by atoms with van der Waals surface area (Å²) >= 11 is 3.15. The summed E-state index contributed by atoms with van der Waals surface area (Å²) in [5.74, 6) is 0. The number of hydrogen-bond donors (Lipinski definition) is 0. The van der Waals surface area contributed by atoms with E-state index in [4.69, 9.17) is 4.74 Å². The first kappa shape index (κ1) is 15.2. The van der Waals surface area contributed by atoms with Crippen LogP contribution in [0.2, 0.25) is 0 Å². The summed E-state index contributed by atoms with van der Waals surface area (Å²) in [7, 11) is 1.59. The molecule has 0 amide bonds. The van der Waals surface area contributed by atoms with Crippen molar-refractivity contribution in [2.45, 2.75) is 19.0 Å². The highest BCUT2D eigenvalue weighted by Gasteiger charge is 2.29. The average Bonchev–Trinajstić information content (AvgIpc) is 2.10. The molecule has 0 saturated carbocycles. The van der Waals surface area contributed by atoms with Crippen molar-refractivity contribution >= 4 is 15.9 Å². The normalized spacial score (nSPS) is 12.4. The number of halogens is 4. The van der Waals surface area contributed by atoms with Crippen LogP contribution in [0.4, 0.5) is 13.2 Å². The highest BCUT2D eigenvalue weighted by molar-refractivity contribution is 9.09. The number of alkyl halides is 4. The molecule has 0 aliphatic heterocycles. The van der Waals surface area contributed by atoms with E-state index in [-0.39, 0.29) is 0 Å². The monoisotopic (exact) mass is 291 g/mol. The van der Waals surface area contributed by atoms with Crippen LogP contribution in [0.15, 0.2) is 0 Å². The quantitative estimate of drug-likeness (QED) is 0.504. The third-order valence-corrected chi connectivity index (χ3v) is 2.23. The predicted molar refractivity (Wildman–Crippen MR) is 57.4 cm³/mol. The summed E-state index contributed by atoms with van der Waals surface area (Å²) in [4.78, 5) is 1.41. The van der Waals surface area contributed by atoms with Crippen molar-refractivity contribution in [1.29, 1.82) is 0 Å². The molecule has 2 nitrogen and oxygen atoms in total. The Balaban J connectivity index is 3.73. The second-order valence-corrected chi connectivity index (χ2v) is 4.07. The Morgan fingerprint density at radius 1 is 1.20 bits per heavy atom. The standard InChI is InChI=1S/C9H17BrF3NO/c1-15-7-3-2-5-14(6-4-10)8-9(11,12)13/h2-8H2,1H3. The van der Waals surface area contributed by atoms with Gasteiger partial charge in [-0.2, -0.15) is 13.2 Å². The molecule has 0 aromatic carbocycles. The molecule has 0 bridgehead atoms. The molecule has 0 heterocycles. The van der Waals surface area contributed by atoms with Gasteiger partial charge < -0.3 is 4.74 Å². The summed E-state index contributed by atoms with van der Waals surface area (Å²) in [6.07, 6.45) is -2.58. The summed E-state index contributed by atoms with van der Waals surface area (Å²) < 4.78 is 41.2. The smallest absolute Gasteiger partial charge is 0.385 e. The molecule has 0 atom stereocenters. The van der Waals surface area contributed by atoms with Crippen LogP contribution in [0.5, 0.6) is 0 Å².